The molecule has 0 bridgehead atoms. The quantitative estimate of drug-likeness (QED) is 0.681. The molecule has 1 aromatic heterocycles. The number of rotatable bonds is 3. The van der Waals surface area contributed by atoms with Crippen molar-refractivity contribution in [2.75, 3.05) is 25.1 Å². The molecule has 0 spiro atoms. The van der Waals surface area contributed by atoms with Gasteiger partial charge >= 0.3 is 0 Å². The zero-order chi connectivity index (χ0) is 13.3. The fourth-order valence-corrected chi connectivity index (χ4v) is 6.50. The molecule has 0 N–H and O–H groups in total. The topological polar surface area (TPSA) is 46.6 Å². The summed E-state index contributed by atoms with van der Waals surface area (Å²) >= 11 is 13.6. The molecule has 1 unspecified atom stereocenters. The van der Waals surface area contributed by atoms with Crippen LogP contribution in [-0.2, 0) is 14.8 Å². The highest BCUT2D eigenvalue weighted by molar-refractivity contribution is 9.11. The molecule has 1 aliphatic heterocycles. The smallest absolute Gasteiger partial charge is 0.253 e. The van der Waals surface area contributed by atoms with Crippen molar-refractivity contribution < 1.29 is 13.2 Å². The maximum atomic E-state index is 12.5. The minimum Gasteiger partial charge on any atom is -0.378 e. The van der Waals surface area contributed by atoms with Crippen LogP contribution >= 0.6 is 54.8 Å². The van der Waals surface area contributed by atoms with Gasteiger partial charge in [-0.1, -0.05) is 27.5 Å². The standard InChI is InChI=1S/C9H10Br2ClNO3S2/c10-4-6-5-16-2-1-13(6)18(14,15)8-3-7(12)9(11)17-8/h3,6H,1-2,4-5H2. The number of nitrogens with zero attached hydrogens (tertiary/aromatic N) is 1. The number of sulfonamides is 1. The zero-order valence-electron chi connectivity index (χ0n) is 9.11. The number of hydrogen-bond acceptors (Lipinski definition) is 4. The second kappa shape index (κ2) is 6.07. The lowest BCUT2D eigenvalue weighted by atomic mass is 10.3. The molecule has 2 heterocycles. The van der Waals surface area contributed by atoms with Crippen LogP contribution in [0.5, 0.6) is 0 Å². The SMILES string of the molecule is O=S(=O)(c1cc(Cl)c(Br)s1)N1CCOCC1CBr. The van der Waals surface area contributed by atoms with Gasteiger partial charge in [0.2, 0.25) is 0 Å². The number of alkyl halides is 1. The molecule has 1 aliphatic rings. The minimum atomic E-state index is -3.50. The zero-order valence-corrected chi connectivity index (χ0v) is 14.7. The third-order valence-electron chi connectivity index (χ3n) is 2.54. The summed E-state index contributed by atoms with van der Waals surface area (Å²) < 4.78 is 32.7. The van der Waals surface area contributed by atoms with Crippen molar-refractivity contribution in [1.29, 1.82) is 0 Å². The van der Waals surface area contributed by atoms with Crippen LogP contribution in [0, 0.1) is 0 Å². The molecule has 1 fully saturated rings. The molecule has 0 radical (unpaired) electrons. The Labute approximate surface area is 132 Å². The fourth-order valence-electron chi connectivity index (χ4n) is 1.65. The molecule has 102 valence electrons. The van der Waals surface area contributed by atoms with Crippen LogP contribution < -0.4 is 0 Å². The molecule has 1 atom stereocenters. The Morgan fingerprint density at radius 2 is 2.33 bits per heavy atom. The molecule has 18 heavy (non-hydrogen) atoms. The summed E-state index contributed by atoms with van der Waals surface area (Å²) in [5.74, 6) is 0. The molecule has 1 saturated heterocycles. The van der Waals surface area contributed by atoms with Crippen molar-refractivity contribution in [3.63, 3.8) is 0 Å². The van der Waals surface area contributed by atoms with Crippen molar-refractivity contribution in [3.05, 3.63) is 14.9 Å². The van der Waals surface area contributed by atoms with Gasteiger partial charge in [-0.25, -0.2) is 8.42 Å². The third kappa shape index (κ3) is 2.94. The molecule has 0 saturated carbocycles. The second-order valence-corrected chi connectivity index (χ2v) is 9.23. The first-order chi connectivity index (χ1) is 8.46. The summed E-state index contributed by atoms with van der Waals surface area (Å²) in [5.41, 5.74) is 0. The largest absolute Gasteiger partial charge is 0.378 e. The van der Waals surface area contributed by atoms with Gasteiger partial charge in [-0.05, 0) is 22.0 Å². The average molecular weight is 440 g/mol. The first-order valence-electron chi connectivity index (χ1n) is 5.07. The molecular weight excluding hydrogens is 429 g/mol. The van der Waals surface area contributed by atoms with Crippen LogP contribution in [0.4, 0.5) is 0 Å². The summed E-state index contributed by atoms with van der Waals surface area (Å²) in [6, 6.07) is 1.30. The number of morpholine rings is 1. The average Bonchev–Trinajstić information content (AvgIpc) is 2.70. The van der Waals surface area contributed by atoms with E-state index >= 15 is 0 Å². The highest BCUT2D eigenvalue weighted by atomic mass is 79.9. The molecule has 1 aromatic rings. The van der Waals surface area contributed by atoms with E-state index in [2.05, 4.69) is 31.9 Å². The molecule has 9 heteroatoms. The Kier molecular flexibility index (Phi) is 5.13. The number of hydrogen-bond donors (Lipinski definition) is 0. The summed E-state index contributed by atoms with van der Waals surface area (Å²) in [4.78, 5) is 0. The van der Waals surface area contributed by atoms with E-state index in [-0.39, 0.29) is 10.3 Å². The second-order valence-electron chi connectivity index (χ2n) is 3.69. The van der Waals surface area contributed by atoms with E-state index in [1.165, 1.54) is 10.4 Å². The van der Waals surface area contributed by atoms with Crippen LogP contribution in [-0.4, -0.2) is 43.9 Å². The highest BCUT2D eigenvalue weighted by Crippen LogP contribution is 2.36. The van der Waals surface area contributed by atoms with Gasteiger partial charge in [0.1, 0.15) is 4.21 Å². The van der Waals surface area contributed by atoms with Crippen molar-refractivity contribution >= 4 is 64.8 Å². The maximum Gasteiger partial charge on any atom is 0.253 e. The van der Waals surface area contributed by atoms with E-state index in [1.807, 2.05) is 0 Å². The van der Waals surface area contributed by atoms with Gasteiger partial charge in [-0.2, -0.15) is 4.31 Å². The lowest BCUT2D eigenvalue weighted by Crippen LogP contribution is -2.49. The van der Waals surface area contributed by atoms with E-state index < -0.39 is 10.0 Å². The van der Waals surface area contributed by atoms with Crippen LogP contribution in [0.25, 0.3) is 0 Å². The monoisotopic (exact) mass is 437 g/mol. The van der Waals surface area contributed by atoms with Gasteiger partial charge < -0.3 is 4.74 Å². The Hall–Kier alpha value is 0.820. The van der Waals surface area contributed by atoms with Gasteiger partial charge in [0.15, 0.2) is 0 Å². The Morgan fingerprint density at radius 1 is 1.61 bits per heavy atom. The summed E-state index contributed by atoms with van der Waals surface area (Å²) in [5, 5.41) is 0.967. The van der Waals surface area contributed by atoms with Crippen LogP contribution in [0.15, 0.2) is 14.1 Å². The van der Waals surface area contributed by atoms with E-state index in [9.17, 15) is 8.42 Å². The number of halogens is 3. The van der Waals surface area contributed by atoms with Crippen molar-refractivity contribution in [3.8, 4) is 0 Å². The van der Waals surface area contributed by atoms with Crippen molar-refractivity contribution in [1.82, 2.24) is 4.31 Å². The molecule has 0 aliphatic carbocycles. The number of ether oxygens (including phenoxy) is 1. The van der Waals surface area contributed by atoms with Gasteiger partial charge in [0, 0.05) is 11.9 Å². The van der Waals surface area contributed by atoms with Crippen LogP contribution in [0.1, 0.15) is 0 Å². The lowest BCUT2D eigenvalue weighted by Gasteiger charge is -2.32. The molecule has 2 rings (SSSR count). The summed E-state index contributed by atoms with van der Waals surface area (Å²) in [6.45, 7) is 1.19. The predicted molar refractivity (Wildman–Crippen MR) is 79.3 cm³/mol. The molecule has 0 amide bonds. The third-order valence-corrected chi connectivity index (χ3v) is 8.16. The van der Waals surface area contributed by atoms with Crippen molar-refractivity contribution in [2.45, 2.75) is 10.3 Å². The summed E-state index contributed by atoms with van der Waals surface area (Å²) in [7, 11) is -3.50. The van der Waals surface area contributed by atoms with E-state index in [0.29, 0.717) is 33.9 Å². The van der Waals surface area contributed by atoms with Gasteiger partial charge in [-0.15, -0.1) is 11.3 Å². The van der Waals surface area contributed by atoms with Crippen molar-refractivity contribution in [2.24, 2.45) is 0 Å². The molecule has 0 aromatic carbocycles. The normalized spacial score (nSPS) is 22.3. The van der Waals surface area contributed by atoms with Gasteiger partial charge in [-0.3, -0.25) is 0 Å². The van der Waals surface area contributed by atoms with E-state index in [4.69, 9.17) is 16.3 Å². The number of thiophene rings is 1. The Morgan fingerprint density at radius 3 is 2.89 bits per heavy atom. The van der Waals surface area contributed by atoms with Gasteiger partial charge in [0.05, 0.1) is 28.1 Å². The Bertz CT molecular complexity index is 514. The lowest BCUT2D eigenvalue weighted by molar-refractivity contribution is 0.0414. The highest BCUT2D eigenvalue weighted by Gasteiger charge is 2.34. The van der Waals surface area contributed by atoms with Crippen LogP contribution in [0.2, 0.25) is 5.02 Å². The Balaban J connectivity index is 2.35. The first kappa shape index (κ1) is 15.2. The molecule has 4 nitrogen and oxygen atoms in total. The van der Waals surface area contributed by atoms with Gasteiger partial charge in [0.25, 0.3) is 10.0 Å². The predicted octanol–water partition coefficient (Wildman–Crippen LogP) is 2.95. The first-order valence-corrected chi connectivity index (χ1v) is 9.62. The van der Waals surface area contributed by atoms with E-state index in [1.54, 1.807) is 0 Å². The maximum absolute atomic E-state index is 12.5. The summed E-state index contributed by atoms with van der Waals surface area (Å²) in [6.07, 6.45) is 0. The van der Waals surface area contributed by atoms with Crippen LogP contribution in [0.3, 0.4) is 0 Å². The minimum absolute atomic E-state index is 0.177. The van der Waals surface area contributed by atoms with E-state index in [0.717, 1.165) is 11.3 Å². The fraction of sp³-hybridized carbons (Fsp3) is 0.556. The molecular formula is C9H10Br2ClNO3S2.